The molecule has 0 aliphatic carbocycles. The number of rotatable bonds is 10. The molecule has 0 aromatic heterocycles. The van der Waals surface area contributed by atoms with Gasteiger partial charge in [-0.1, -0.05) is 38.1 Å². The van der Waals surface area contributed by atoms with E-state index in [4.69, 9.17) is 9.47 Å². The van der Waals surface area contributed by atoms with Gasteiger partial charge < -0.3 is 20.1 Å². The molecule has 2 N–H and O–H groups in total. The quantitative estimate of drug-likeness (QED) is 0.466. The second-order valence-corrected chi connectivity index (χ2v) is 6.58. The zero-order valence-electron chi connectivity index (χ0n) is 18.3. The predicted molar refractivity (Wildman–Crippen MR) is 121 cm³/mol. The lowest BCUT2D eigenvalue weighted by Crippen LogP contribution is -2.31. The van der Waals surface area contributed by atoms with E-state index in [2.05, 4.69) is 58.6 Å². The Morgan fingerprint density at radius 2 is 1.72 bits per heavy atom. The van der Waals surface area contributed by atoms with Crippen molar-refractivity contribution in [3.05, 3.63) is 53.6 Å². The van der Waals surface area contributed by atoms with Crippen LogP contribution in [0.5, 0.6) is 11.5 Å². The SMILES string of the molecule is CCOc1ccc(NC(=NC)NCc2ccccc2CN(CC)CC)cc1OC. The van der Waals surface area contributed by atoms with Crippen LogP contribution in [-0.2, 0) is 13.1 Å². The van der Waals surface area contributed by atoms with E-state index >= 15 is 0 Å². The van der Waals surface area contributed by atoms with Crippen LogP contribution in [0.3, 0.4) is 0 Å². The summed E-state index contributed by atoms with van der Waals surface area (Å²) in [6.07, 6.45) is 0. The van der Waals surface area contributed by atoms with Crippen LogP contribution in [0.2, 0.25) is 0 Å². The molecule has 158 valence electrons. The molecule has 0 saturated carbocycles. The Balaban J connectivity index is 2.05. The van der Waals surface area contributed by atoms with Crippen molar-refractivity contribution >= 4 is 11.6 Å². The van der Waals surface area contributed by atoms with E-state index in [1.165, 1.54) is 11.1 Å². The van der Waals surface area contributed by atoms with Crippen molar-refractivity contribution in [3.63, 3.8) is 0 Å². The fourth-order valence-electron chi connectivity index (χ4n) is 3.09. The number of hydrogen-bond donors (Lipinski definition) is 2. The van der Waals surface area contributed by atoms with Gasteiger partial charge in [-0.05, 0) is 43.3 Å². The number of aliphatic imine (C=N–C) groups is 1. The summed E-state index contributed by atoms with van der Waals surface area (Å²) in [5.41, 5.74) is 3.49. The minimum Gasteiger partial charge on any atom is -0.493 e. The van der Waals surface area contributed by atoms with Gasteiger partial charge in [0.15, 0.2) is 17.5 Å². The molecule has 0 amide bonds. The molecule has 0 spiro atoms. The summed E-state index contributed by atoms with van der Waals surface area (Å²) in [5.74, 6) is 2.12. The molecule has 0 saturated heterocycles. The van der Waals surface area contributed by atoms with Gasteiger partial charge in [0.1, 0.15) is 0 Å². The summed E-state index contributed by atoms with van der Waals surface area (Å²) in [6.45, 7) is 10.7. The normalized spacial score (nSPS) is 11.4. The summed E-state index contributed by atoms with van der Waals surface area (Å²) < 4.78 is 11.0. The van der Waals surface area contributed by atoms with Crippen molar-refractivity contribution in [2.75, 3.05) is 39.2 Å². The Morgan fingerprint density at radius 3 is 2.34 bits per heavy atom. The van der Waals surface area contributed by atoms with Gasteiger partial charge in [-0.3, -0.25) is 9.89 Å². The van der Waals surface area contributed by atoms with Gasteiger partial charge in [0, 0.05) is 31.9 Å². The topological polar surface area (TPSA) is 58.1 Å². The van der Waals surface area contributed by atoms with Crippen molar-refractivity contribution in [2.45, 2.75) is 33.9 Å². The van der Waals surface area contributed by atoms with Crippen molar-refractivity contribution < 1.29 is 9.47 Å². The van der Waals surface area contributed by atoms with Gasteiger partial charge in [-0.25, -0.2) is 0 Å². The predicted octanol–water partition coefficient (Wildman–Crippen LogP) is 4.12. The number of anilines is 1. The number of benzene rings is 2. The first kappa shape index (κ1) is 22.6. The fraction of sp³-hybridized carbons (Fsp3) is 0.435. The summed E-state index contributed by atoms with van der Waals surface area (Å²) in [6, 6.07) is 14.3. The van der Waals surface area contributed by atoms with E-state index in [-0.39, 0.29) is 0 Å². The Morgan fingerprint density at radius 1 is 1.00 bits per heavy atom. The van der Waals surface area contributed by atoms with Crippen LogP contribution in [0.4, 0.5) is 5.69 Å². The standard InChI is InChI=1S/C23H34N4O2/c1-6-27(7-2)17-19-12-10-9-11-18(19)16-25-23(24-4)26-20-13-14-21(29-8-3)22(15-20)28-5/h9-15H,6-8,16-17H2,1-5H3,(H2,24,25,26). The second kappa shape index (κ2) is 12.0. The third-order valence-corrected chi connectivity index (χ3v) is 4.80. The van der Waals surface area contributed by atoms with E-state index in [1.54, 1.807) is 14.2 Å². The van der Waals surface area contributed by atoms with Crippen LogP contribution >= 0.6 is 0 Å². The molecule has 6 nitrogen and oxygen atoms in total. The molecule has 29 heavy (non-hydrogen) atoms. The summed E-state index contributed by atoms with van der Waals surface area (Å²) in [7, 11) is 3.41. The van der Waals surface area contributed by atoms with Crippen LogP contribution in [0, 0.1) is 0 Å². The minimum absolute atomic E-state index is 0.596. The molecular formula is C23H34N4O2. The number of methoxy groups -OCH3 is 1. The smallest absolute Gasteiger partial charge is 0.195 e. The number of nitrogens with zero attached hydrogens (tertiary/aromatic N) is 2. The van der Waals surface area contributed by atoms with E-state index in [1.807, 2.05) is 25.1 Å². The number of guanidine groups is 1. The zero-order chi connectivity index (χ0) is 21.1. The van der Waals surface area contributed by atoms with Gasteiger partial charge in [0.05, 0.1) is 13.7 Å². The van der Waals surface area contributed by atoms with E-state index in [0.29, 0.717) is 24.9 Å². The highest BCUT2D eigenvalue weighted by Gasteiger charge is 2.09. The first-order chi connectivity index (χ1) is 14.1. The number of hydrogen-bond acceptors (Lipinski definition) is 4. The summed E-state index contributed by atoms with van der Waals surface area (Å²) in [4.78, 5) is 6.76. The number of nitrogens with one attached hydrogen (secondary N) is 2. The molecule has 0 unspecified atom stereocenters. The van der Waals surface area contributed by atoms with Gasteiger partial charge in [0.2, 0.25) is 0 Å². The lowest BCUT2D eigenvalue weighted by molar-refractivity contribution is 0.295. The first-order valence-electron chi connectivity index (χ1n) is 10.2. The van der Waals surface area contributed by atoms with Gasteiger partial charge in [0.25, 0.3) is 0 Å². The Hall–Kier alpha value is -2.73. The highest BCUT2D eigenvalue weighted by atomic mass is 16.5. The Bertz CT molecular complexity index is 788. The molecule has 0 aliphatic heterocycles. The maximum Gasteiger partial charge on any atom is 0.195 e. The molecule has 0 aliphatic rings. The van der Waals surface area contributed by atoms with Gasteiger partial charge in [-0.15, -0.1) is 0 Å². The fourth-order valence-corrected chi connectivity index (χ4v) is 3.09. The molecular weight excluding hydrogens is 364 g/mol. The molecule has 2 rings (SSSR count). The maximum atomic E-state index is 5.58. The van der Waals surface area contributed by atoms with E-state index < -0.39 is 0 Å². The van der Waals surface area contributed by atoms with Crippen molar-refractivity contribution in [2.24, 2.45) is 4.99 Å². The van der Waals surface area contributed by atoms with Crippen molar-refractivity contribution in [1.82, 2.24) is 10.2 Å². The van der Waals surface area contributed by atoms with Gasteiger partial charge in [-0.2, -0.15) is 0 Å². The van der Waals surface area contributed by atoms with Crippen LogP contribution in [-0.4, -0.2) is 44.7 Å². The largest absolute Gasteiger partial charge is 0.493 e. The van der Waals surface area contributed by atoms with Crippen LogP contribution in [0.25, 0.3) is 0 Å². The molecule has 2 aromatic carbocycles. The Labute approximate surface area is 174 Å². The van der Waals surface area contributed by atoms with Crippen LogP contribution in [0.1, 0.15) is 31.9 Å². The molecule has 2 aromatic rings. The lowest BCUT2D eigenvalue weighted by Gasteiger charge is -2.21. The molecule has 0 fully saturated rings. The van der Waals surface area contributed by atoms with Gasteiger partial charge >= 0.3 is 0 Å². The highest BCUT2D eigenvalue weighted by Crippen LogP contribution is 2.30. The van der Waals surface area contributed by atoms with Crippen molar-refractivity contribution in [3.8, 4) is 11.5 Å². The summed E-state index contributed by atoms with van der Waals surface area (Å²) >= 11 is 0. The van der Waals surface area contributed by atoms with E-state index in [9.17, 15) is 0 Å². The first-order valence-corrected chi connectivity index (χ1v) is 10.2. The zero-order valence-corrected chi connectivity index (χ0v) is 18.3. The van der Waals surface area contributed by atoms with E-state index in [0.717, 1.165) is 31.1 Å². The number of ether oxygens (including phenoxy) is 2. The highest BCUT2D eigenvalue weighted by molar-refractivity contribution is 5.93. The van der Waals surface area contributed by atoms with Crippen LogP contribution < -0.4 is 20.1 Å². The van der Waals surface area contributed by atoms with Crippen LogP contribution in [0.15, 0.2) is 47.5 Å². The minimum atomic E-state index is 0.596. The summed E-state index contributed by atoms with van der Waals surface area (Å²) in [5, 5.41) is 6.73. The third kappa shape index (κ3) is 6.68. The third-order valence-electron chi connectivity index (χ3n) is 4.80. The molecule has 0 atom stereocenters. The lowest BCUT2D eigenvalue weighted by atomic mass is 10.1. The average Bonchev–Trinajstić information content (AvgIpc) is 2.76. The van der Waals surface area contributed by atoms with Crippen molar-refractivity contribution in [1.29, 1.82) is 0 Å². The monoisotopic (exact) mass is 398 g/mol. The average molecular weight is 399 g/mol. The molecule has 6 heteroatoms. The molecule has 0 bridgehead atoms. The second-order valence-electron chi connectivity index (χ2n) is 6.58. The molecule has 0 radical (unpaired) electrons. The Kier molecular flexibility index (Phi) is 9.31. The molecule has 0 heterocycles. The maximum absolute atomic E-state index is 5.58.